The monoisotopic (exact) mass is 299 g/mol. The van der Waals surface area contributed by atoms with E-state index in [2.05, 4.69) is 15.5 Å². The summed E-state index contributed by atoms with van der Waals surface area (Å²) >= 11 is 0. The molecule has 7 nitrogen and oxygen atoms in total. The van der Waals surface area contributed by atoms with Gasteiger partial charge in [0.1, 0.15) is 5.71 Å². The zero-order chi connectivity index (χ0) is 15.5. The fourth-order valence-corrected chi connectivity index (χ4v) is 2.31. The molecule has 0 aliphatic carbocycles. The molecule has 0 saturated heterocycles. The van der Waals surface area contributed by atoms with Crippen molar-refractivity contribution < 1.29 is 19.7 Å². The van der Waals surface area contributed by atoms with Gasteiger partial charge in [0.25, 0.3) is 5.91 Å². The Morgan fingerprint density at radius 1 is 1.36 bits per heavy atom. The third kappa shape index (κ3) is 2.93. The average Bonchev–Trinajstić information content (AvgIpc) is 3.02. The first-order valence-electron chi connectivity index (χ1n) is 6.86. The predicted molar refractivity (Wildman–Crippen MR) is 81.0 cm³/mol. The van der Waals surface area contributed by atoms with Crippen LogP contribution in [0.5, 0.6) is 0 Å². The number of nitrogens with one attached hydrogen (secondary N) is 1. The van der Waals surface area contributed by atoms with Crippen LogP contribution >= 0.6 is 0 Å². The molecule has 8 heteroatoms. The summed E-state index contributed by atoms with van der Waals surface area (Å²) in [6.07, 6.45) is 0.944. The van der Waals surface area contributed by atoms with Crippen LogP contribution in [0.3, 0.4) is 0 Å². The number of benzene rings is 1. The number of amides is 1. The van der Waals surface area contributed by atoms with Gasteiger partial charge in [0.15, 0.2) is 0 Å². The number of carbonyl (C=O) groups is 1. The van der Waals surface area contributed by atoms with Gasteiger partial charge in [-0.25, -0.2) is 0 Å². The number of oxime groups is 1. The molecule has 0 spiro atoms. The summed E-state index contributed by atoms with van der Waals surface area (Å²) in [7, 11) is -1.59. The van der Waals surface area contributed by atoms with Crippen molar-refractivity contribution in [3.8, 4) is 0 Å². The van der Waals surface area contributed by atoms with Crippen LogP contribution in [-0.2, 0) is 9.63 Å². The summed E-state index contributed by atoms with van der Waals surface area (Å²) in [6, 6.07) is 9.67. The van der Waals surface area contributed by atoms with Crippen LogP contribution < -0.4 is 5.32 Å². The van der Waals surface area contributed by atoms with E-state index in [1.807, 2.05) is 30.3 Å². The standard InChI is InChI=1S/C14H14BN3O4/c19-14(17-8-15(20)21)12-7-11(18-22-12)13-10-4-2-1-3-9(10)5-6-16-13/h1-6,12,20-21H,7-8H2,(H,17,19). The Morgan fingerprint density at radius 2 is 2.18 bits per heavy atom. The molecule has 112 valence electrons. The molecule has 1 amide bonds. The molecule has 3 N–H and O–H groups in total. The third-order valence-corrected chi connectivity index (χ3v) is 3.37. The van der Waals surface area contributed by atoms with Gasteiger partial charge in [-0.15, -0.1) is 0 Å². The Labute approximate surface area is 126 Å². The zero-order valence-electron chi connectivity index (χ0n) is 11.6. The normalized spacial score (nSPS) is 17.0. The lowest BCUT2D eigenvalue weighted by Crippen LogP contribution is -2.41. The van der Waals surface area contributed by atoms with Gasteiger partial charge in [0.05, 0.1) is 12.1 Å². The molecule has 3 rings (SSSR count). The maximum absolute atomic E-state index is 11.8. The fourth-order valence-electron chi connectivity index (χ4n) is 2.31. The quantitative estimate of drug-likeness (QED) is 0.681. The van der Waals surface area contributed by atoms with Crippen LogP contribution in [0.4, 0.5) is 0 Å². The first-order valence-corrected chi connectivity index (χ1v) is 6.86. The van der Waals surface area contributed by atoms with Crippen molar-refractivity contribution in [3.63, 3.8) is 0 Å². The minimum absolute atomic E-state index is 0.249. The third-order valence-electron chi connectivity index (χ3n) is 3.37. The lowest BCUT2D eigenvalue weighted by molar-refractivity contribution is -0.130. The number of fused-ring (bicyclic) bond motifs is 1. The Hall–Kier alpha value is -2.45. The minimum Gasteiger partial charge on any atom is -0.426 e. The SMILES string of the molecule is O=C(NCB(O)O)C1CC(c2nccc3ccccc23)=NO1. The van der Waals surface area contributed by atoms with Crippen molar-refractivity contribution in [1.29, 1.82) is 0 Å². The van der Waals surface area contributed by atoms with Crippen molar-refractivity contribution in [2.45, 2.75) is 12.5 Å². The molecule has 0 fully saturated rings. The highest BCUT2D eigenvalue weighted by atomic mass is 16.6. The zero-order valence-corrected chi connectivity index (χ0v) is 11.6. The smallest absolute Gasteiger partial charge is 0.426 e. The van der Waals surface area contributed by atoms with Crippen LogP contribution in [0.15, 0.2) is 41.7 Å². The maximum Gasteiger partial charge on any atom is 0.472 e. The summed E-state index contributed by atoms with van der Waals surface area (Å²) in [5.41, 5.74) is 1.29. The largest absolute Gasteiger partial charge is 0.472 e. The highest BCUT2D eigenvalue weighted by Gasteiger charge is 2.30. The van der Waals surface area contributed by atoms with E-state index in [1.54, 1.807) is 6.20 Å². The van der Waals surface area contributed by atoms with E-state index in [0.717, 1.165) is 10.8 Å². The molecule has 2 aromatic rings. The van der Waals surface area contributed by atoms with Gasteiger partial charge in [-0.3, -0.25) is 9.78 Å². The van der Waals surface area contributed by atoms with E-state index in [0.29, 0.717) is 11.4 Å². The Kier molecular flexibility index (Phi) is 4.03. The van der Waals surface area contributed by atoms with Crippen LogP contribution in [0.25, 0.3) is 10.8 Å². The number of carbonyl (C=O) groups excluding carboxylic acids is 1. The molecule has 1 aromatic heterocycles. The van der Waals surface area contributed by atoms with Crippen molar-refractivity contribution in [1.82, 2.24) is 10.3 Å². The number of rotatable bonds is 4. The van der Waals surface area contributed by atoms with E-state index in [9.17, 15) is 4.79 Å². The summed E-state index contributed by atoms with van der Waals surface area (Å²) < 4.78 is 0. The Bertz CT molecular complexity index is 730. The Morgan fingerprint density at radius 3 is 3.00 bits per heavy atom. The van der Waals surface area contributed by atoms with E-state index in [-0.39, 0.29) is 12.9 Å². The van der Waals surface area contributed by atoms with E-state index in [4.69, 9.17) is 14.9 Å². The van der Waals surface area contributed by atoms with Crippen molar-refractivity contribution in [2.75, 3.05) is 6.44 Å². The maximum atomic E-state index is 11.8. The molecule has 1 aliphatic heterocycles. The van der Waals surface area contributed by atoms with E-state index < -0.39 is 19.1 Å². The summed E-state index contributed by atoms with van der Waals surface area (Å²) in [5.74, 6) is -0.438. The van der Waals surface area contributed by atoms with E-state index >= 15 is 0 Å². The van der Waals surface area contributed by atoms with Crippen molar-refractivity contribution >= 4 is 29.5 Å². The summed E-state index contributed by atoms with van der Waals surface area (Å²) in [6.45, 7) is 0. The average molecular weight is 299 g/mol. The topological polar surface area (TPSA) is 104 Å². The van der Waals surface area contributed by atoms with Crippen molar-refractivity contribution in [2.24, 2.45) is 5.16 Å². The minimum atomic E-state index is -1.59. The first-order chi connectivity index (χ1) is 10.6. The highest BCUT2D eigenvalue weighted by Crippen LogP contribution is 2.22. The summed E-state index contributed by atoms with van der Waals surface area (Å²) in [5, 5.41) is 25.8. The van der Waals surface area contributed by atoms with Crippen LogP contribution in [0, 0.1) is 0 Å². The molecule has 0 radical (unpaired) electrons. The lowest BCUT2D eigenvalue weighted by atomic mass is 9.92. The molecular formula is C14H14BN3O4. The molecule has 2 heterocycles. The van der Waals surface area contributed by atoms with Crippen LogP contribution in [-0.4, -0.2) is 46.3 Å². The number of nitrogens with zero attached hydrogens (tertiary/aromatic N) is 2. The highest BCUT2D eigenvalue weighted by molar-refractivity contribution is 6.41. The molecule has 1 aliphatic rings. The van der Waals surface area contributed by atoms with Crippen molar-refractivity contribution in [3.05, 3.63) is 42.2 Å². The van der Waals surface area contributed by atoms with Crippen LogP contribution in [0.1, 0.15) is 12.1 Å². The fraction of sp³-hybridized carbons (Fsp3) is 0.214. The van der Waals surface area contributed by atoms with Crippen LogP contribution in [0.2, 0.25) is 0 Å². The molecule has 22 heavy (non-hydrogen) atoms. The molecule has 0 bridgehead atoms. The molecule has 0 saturated carbocycles. The van der Waals surface area contributed by atoms with Gasteiger partial charge in [-0.2, -0.15) is 0 Å². The second-order valence-corrected chi connectivity index (χ2v) is 4.94. The molecular weight excluding hydrogens is 285 g/mol. The second-order valence-electron chi connectivity index (χ2n) is 4.94. The molecule has 1 unspecified atom stereocenters. The number of aromatic nitrogens is 1. The lowest BCUT2D eigenvalue weighted by Gasteiger charge is -2.08. The Balaban J connectivity index is 1.76. The van der Waals surface area contributed by atoms with E-state index in [1.165, 1.54) is 0 Å². The van der Waals surface area contributed by atoms with Gasteiger partial charge in [0, 0.05) is 18.0 Å². The molecule has 1 atom stereocenters. The number of pyridine rings is 1. The van der Waals surface area contributed by atoms with Gasteiger partial charge >= 0.3 is 7.12 Å². The van der Waals surface area contributed by atoms with Gasteiger partial charge in [-0.1, -0.05) is 29.4 Å². The van der Waals surface area contributed by atoms with Gasteiger partial charge in [0.2, 0.25) is 6.10 Å². The van der Waals surface area contributed by atoms with Gasteiger partial charge in [-0.05, 0) is 11.5 Å². The number of hydrogen-bond acceptors (Lipinski definition) is 6. The predicted octanol–water partition coefficient (Wildman–Crippen LogP) is -0.144. The first kappa shape index (κ1) is 14.5. The second kappa shape index (κ2) is 6.12. The summed E-state index contributed by atoms with van der Waals surface area (Å²) in [4.78, 5) is 21.3. The number of hydrogen-bond donors (Lipinski definition) is 3. The van der Waals surface area contributed by atoms with Gasteiger partial charge < -0.3 is 20.2 Å². The molecule has 1 aromatic carbocycles.